The molecule has 1 rings (SSSR count). The Labute approximate surface area is 95.1 Å². The summed E-state index contributed by atoms with van der Waals surface area (Å²) in [4.78, 5) is 10.3. The molecule has 0 bridgehead atoms. The maximum atomic E-state index is 13.4. The van der Waals surface area contributed by atoms with Crippen molar-refractivity contribution in [1.29, 1.82) is 0 Å². The summed E-state index contributed by atoms with van der Waals surface area (Å²) in [5.41, 5.74) is 0.326. The zero-order valence-corrected chi connectivity index (χ0v) is 8.78. The predicted octanol–water partition coefficient (Wildman–Crippen LogP) is 2.83. The van der Waals surface area contributed by atoms with Gasteiger partial charge in [-0.1, -0.05) is 0 Å². The summed E-state index contributed by atoms with van der Waals surface area (Å²) in [7, 11) is 0. The Hall–Kier alpha value is -1.98. The van der Waals surface area contributed by atoms with Crippen LogP contribution in [0.25, 0.3) is 6.08 Å². The summed E-state index contributed by atoms with van der Waals surface area (Å²) in [6.07, 6.45) is 1.82. The van der Waals surface area contributed by atoms with Crippen LogP contribution in [0, 0.1) is 12.7 Å². The lowest BCUT2D eigenvalue weighted by atomic mass is 10.1. The van der Waals surface area contributed by atoms with Crippen LogP contribution in [-0.4, -0.2) is 17.7 Å². The van der Waals surface area contributed by atoms with E-state index in [0.717, 1.165) is 18.2 Å². The molecule has 0 fully saturated rings. The zero-order valence-electron chi connectivity index (χ0n) is 8.78. The Morgan fingerprint density at radius 3 is 2.59 bits per heavy atom. The van der Waals surface area contributed by atoms with Crippen molar-refractivity contribution in [3.63, 3.8) is 0 Å². The molecular formula is C11H9F3O3. The molecule has 0 aliphatic carbocycles. The highest BCUT2D eigenvalue weighted by Crippen LogP contribution is 2.23. The van der Waals surface area contributed by atoms with E-state index in [1.165, 1.54) is 13.0 Å². The molecule has 0 aliphatic heterocycles. The topological polar surface area (TPSA) is 46.5 Å². The Morgan fingerprint density at radius 1 is 1.47 bits per heavy atom. The number of carboxylic acids is 1. The van der Waals surface area contributed by atoms with Gasteiger partial charge in [-0.2, -0.15) is 8.78 Å². The average Bonchev–Trinajstić information content (AvgIpc) is 2.14. The van der Waals surface area contributed by atoms with E-state index in [4.69, 9.17) is 5.11 Å². The van der Waals surface area contributed by atoms with Crippen LogP contribution in [-0.2, 0) is 4.79 Å². The molecule has 0 radical (unpaired) electrons. The SMILES string of the molecule is Cc1cc(OC(F)F)cc(F)c1/C=C/C(=O)O. The smallest absolute Gasteiger partial charge is 0.387 e. The number of hydrogen-bond donors (Lipinski definition) is 1. The van der Waals surface area contributed by atoms with Gasteiger partial charge in [0.05, 0.1) is 0 Å². The van der Waals surface area contributed by atoms with Crippen molar-refractivity contribution in [2.45, 2.75) is 13.5 Å². The number of carbonyl (C=O) groups is 1. The van der Waals surface area contributed by atoms with Gasteiger partial charge >= 0.3 is 12.6 Å². The lowest BCUT2D eigenvalue weighted by molar-refractivity contribution is -0.131. The molecule has 0 heterocycles. The summed E-state index contributed by atoms with van der Waals surface area (Å²) < 4.78 is 41.3. The second kappa shape index (κ2) is 5.38. The molecule has 0 unspecified atom stereocenters. The number of hydrogen-bond acceptors (Lipinski definition) is 2. The van der Waals surface area contributed by atoms with Crippen molar-refractivity contribution in [2.75, 3.05) is 0 Å². The van der Waals surface area contributed by atoms with Crippen LogP contribution >= 0.6 is 0 Å². The third-order valence-corrected chi connectivity index (χ3v) is 1.93. The number of alkyl halides is 2. The summed E-state index contributed by atoms with van der Waals surface area (Å²) in [5, 5.41) is 8.40. The maximum absolute atomic E-state index is 13.4. The Morgan fingerprint density at radius 2 is 2.12 bits per heavy atom. The van der Waals surface area contributed by atoms with Gasteiger partial charge in [-0.15, -0.1) is 0 Å². The number of carboxylic acid groups (broad SMARTS) is 1. The first-order valence-electron chi connectivity index (χ1n) is 4.56. The van der Waals surface area contributed by atoms with Gasteiger partial charge in [0.2, 0.25) is 0 Å². The first kappa shape index (κ1) is 13.1. The molecule has 1 aromatic rings. The van der Waals surface area contributed by atoms with E-state index in [9.17, 15) is 18.0 Å². The summed E-state index contributed by atoms with van der Waals surface area (Å²) in [6.45, 7) is -1.57. The van der Waals surface area contributed by atoms with Crippen LogP contribution in [0.1, 0.15) is 11.1 Å². The third kappa shape index (κ3) is 3.82. The molecule has 17 heavy (non-hydrogen) atoms. The highest BCUT2D eigenvalue weighted by atomic mass is 19.3. The Kier molecular flexibility index (Phi) is 4.14. The number of rotatable bonds is 4. The van der Waals surface area contributed by atoms with Crippen molar-refractivity contribution >= 4 is 12.0 Å². The van der Waals surface area contributed by atoms with Crippen molar-refractivity contribution in [2.24, 2.45) is 0 Å². The first-order chi connectivity index (χ1) is 7.90. The maximum Gasteiger partial charge on any atom is 0.387 e. The zero-order chi connectivity index (χ0) is 13.0. The minimum Gasteiger partial charge on any atom is -0.478 e. The number of aryl methyl sites for hydroxylation is 1. The number of ether oxygens (including phenoxy) is 1. The summed E-state index contributed by atoms with van der Waals surface area (Å²) in [5.74, 6) is -2.35. The fourth-order valence-electron chi connectivity index (χ4n) is 1.26. The highest BCUT2D eigenvalue weighted by molar-refractivity contribution is 5.85. The van der Waals surface area contributed by atoms with Gasteiger partial charge in [0, 0.05) is 17.7 Å². The first-order valence-corrected chi connectivity index (χ1v) is 4.56. The van der Waals surface area contributed by atoms with Gasteiger partial charge in [-0.3, -0.25) is 0 Å². The molecule has 6 heteroatoms. The molecule has 1 aromatic carbocycles. The van der Waals surface area contributed by atoms with Crippen molar-refractivity contribution in [1.82, 2.24) is 0 Å². The van der Waals surface area contributed by atoms with E-state index < -0.39 is 18.4 Å². The molecular weight excluding hydrogens is 237 g/mol. The molecule has 0 aromatic heterocycles. The van der Waals surface area contributed by atoms with Crippen LogP contribution < -0.4 is 4.74 Å². The van der Waals surface area contributed by atoms with Gasteiger partial charge in [0.1, 0.15) is 11.6 Å². The van der Waals surface area contributed by atoms with E-state index >= 15 is 0 Å². The lowest BCUT2D eigenvalue weighted by Gasteiger charge is -2.08. The minimum absolute atomic E-state index is 0.0222. The van der Waals surface area contributed by atoms with Crippen molar-refractivity contribution < 1.29 is 27.8 Å². The minimum atomic E-state index is -3.03. The largest absolute Gasteiger partial charge is 0.478 e. The van der Waals surface area contributed by atoms with E-state index in [0.29, 0.717) is 5.56 Å². The van der Waals surface area contributed by atoms with Crippen LogP contribution in [0.5, 0.6) is 5.75 Å². The van der Waals surface area contributed by atoms with E-state index in [1.54, 1.807) is 0 Å². The standard InChI is InChI=1S/C11H9F3O3/c1-6-4-7(17-11(13)14)5-9(12)8(6)2-3-10(15)16/h2-5,11H,1H3,(H,15,16)/b3-2+. The van der Waals surface area contributed by atoms with Crippen molar-refractivity contribution in [3.8, 4) is 5.75 Å². The Balaban J connectivity index is 3.06. The van der Waals surface area contributed by atoms with Gasteiger partial charge in [-0.25, -0.2) is 9.18 Å². The molecule has 0 aliphatic rings. The molecule has 0 saturated heterocycles. The molecule has 0 saturated carbocycles. The quantitative estimate of drug-likeness (QED) is 0.831. The summed E-state index contributed by atoms with van der Waals surface area (Å²) in [6, 6.07) is 1.98. The monoisotopic (exact) mass is 246 g/mol. The van der Waals surface area contributed by atoms with Gasteiger partial charge in [0.25, 0.3) is 0 Å². The second-order valence-corrected chi connectivity index (χ2v) is 3.19. The Bertz CT molecular complexity index is 432. The predicted molar refractivity (Wildman–Crippen MR) is 54.4 cm³/mol. The van der Waals surface area contributed by atoms with Crippen LogP contribution in [0.15, 0.2) is 18.2 Å². The summed E-state index contributed by atoms with van der Waals surface area (Å²) >= 11 is 0. The fourth-order valence-corrected chi connectivity index (χ4v) is 1.26. The van der Waals surface area contributed by atoms with Gasteiger partial charge in [-0.05, 0) is 24.6 Å². The number of aliphatic carboxylic acids is 1. The average molecular weight is 246 g/mol. The van der Waals surface area contributed by atoms with E-state index in [1.807, 2.05) is 0 Å². The number of halogens is 3. The molecule has 3 nitrogen and oxygen atoms in total. The lowest BCUT2D eigenvalue weighted by Crippen LogP contribution is -2.03. The fraction of sp³-hybridized carbons (Fsp3) is 0.182. The van der Waals surface area contributed by atoms with E-state index in [2.05, 4.69) is 4.74 Å². The molecule has 92 valence electrons. The molecule has 1 N–H and O–H groups in total. The third-order valence-electron chi connectivity index (χ3n) is 1.93. The van der Waals surface area contributed by atoms with Crippen LogP contribution in [0.4, 0.5) is 13.2 Å². The second-order valence-electron chi connectivity index (χ2n) is 3.19. The van der Waals surface area contributed by atoms with Crippen molar-refractivity contribution in [3.05, 3.63) is 35.2 Å². The van der Waals surface area contributed by atoms with E-state index in [-0.39, 0.29) is 11.3 Å². The van der Waals surface area contributed by atoms with Gasteiger partial charge < -0.3 is 9.84 Å². The number of benzene rings is 1. The molecule has 0 spiro atoms. The highest BCUT2D eigenvalue weighted by Gasteiger charge is 2.10. The van der Waals surface area contributed by atoms with Gasteiger partial charge in [0.15, 0.2) is 0 Å². The van der Waals surface area contributed by atoms with Crippen LogP contribution in [0.2, 0.25) is 0 Å². The molecule has 0 atom stereocenters. The molecule has 0 amide bonds. The normalized spacial score (nSPS) is 11.1. The van der Waals surface area contributed by atoms with Crippen LogP contribution in [0.3, 0.4) is 0 Å².